The largest absolute Gasteiger partial charge is 0.497 e. The fraction of sp³-hybridized carbons (Fsp3) is 0.190. The molecule has 0 atom stereocenters. The van der Waals surface area contributed by atoms with Gasteiger partial charge in [0.25, 0.3) is 5.89 Å². The second-order valence-corrected chi connectivity index (χ2v) is 7.65. The molecule has 1 N–H and O–H groups in total. The van der Waals surface area contributed by atoms with Crippen LogP contribution in [0.25, 0.3) is 23.1 Å². The minimum absolute atomic E-state index is 0.133. The first kappa shape index (κ1) is 21.5. The Hall–Kier alpha value is -3.73. The molecule has 164 valence electrons. The van der Waals surface area contributed by atoms with Crippen molar-refractivity contribution < 1.29 is 18.4 Å². The minimum Gasteiger partial charge on any atom is -0.497 e. The number of carbonyl (C=O) groups is 1. The van der Waals surface area contributed by atoms with Crippen molar-refractivity contribution in [1.82, 2.24) is 30.2 Å². The third-order valence-corrected chi connectivity index (χ3v) is 5.56. The molecule has 4 rings (SSSR count). The van der Waals surface area contributed by atoms with Crippen molar-refractivity contribution in [3.63, 3.8) is 0 Å². The molecule has 1 amide bonds. The molecule has 0 saturated carbocycles. The summed E-state index contributed by atoms with van der Waals surface area (Å²) in [7, 11) is 3.35. The van der Waals surface area contributed by atoms with Crippen molar-refractivity contribution in [2.24, 2.45) is 7.05 Å². The lowest BCUT2D eigenvalue weighted by Crippen LogP contribution is -2.24. The fourth-order valence-electron chi connectivity index (χ4n) is 2.78. The van der Waals surface area contributed by atoms with Crippen molar-refractivity contribution in [3.8, 4) is 28.9 Å². The average Bonchev–Trinajstić information content (AvgIpc) is 3.44. The zero-order chi connectivity index (χ0) is 22.5. The summed E-state index contributed by atoms with van der Waals surface area (Å²) in [6.45, 7) is 0.418. The summed E-state index contributed by atoms with van der Waals surface area (Å²) in [6.07, 6.45) is 0. The molecule has 0 aliphatic rings. The van der Waals surface area contributed by atoms with Gasteiger partial charge in [0.1, 0.15) is 11.6 Å². The summed E-state index contributed by atoms with van der Waals surface area (Å²) >= 11 is 1.24. The van der Waals surface area contributed by atoms with E-state index in [0.717, 1.165) is 11.3 Å². The Morgan fingerprint density at radius 2 is 1.91 bits per heavy atom. The normalized spacial score (nSPS) is 10.8. The number of hydrogen-bond acceptors (Lipinski definition) is 8. The van der Waals surface area contributed by atoms with Crippen LogP contribution in [0.1, 0.15) is 5.56 Å². The van der Waals surface area contributed by atoms with E-state index in [2.05, 4.69) is 25.7 Å². The van der Waals surface area contributed by atoms with Gasteiger partial charge in [-0.3, -0.25) is 4.79 Å². The zero-order valence-corrected chi connectivity index (χ0v) is 18.1. The Labute approximate surface area is 187 Å². The van der Waals surface area contributed by atoms with Gasteiger partial charge in [-0.15, -0.1) is 10.2 Å². The highest BCUT2D eigenvalue weighted by Crippen LogP contribution is 2.24. The molecule has 2 aromatic carbocycles. The summed E-state index contributed by atoms with van der Waals surface area (Å²) in [5.74, 6) is 1.32. The summed E-state index contributed by atoms with van der Waals surface area (Å²) in [5.41, 5.74) is 1.59. The third kappa shape index (κ3) is 4.94. The molecule has 2 heterocycles. The van der Waals surface area contributed by atoms with Crippen molar-refractivity contribution in [3.05, 3.63) is 59.9 Å². The van der Waals surface area contributed by atoms with Crippen LogP contribution >= 0.6 is 11.8 Å². The van der Waals surface area contributed by atoms with E-state index in [1.54, 1.807) is 30.9 Å². The second kappa shape index (κ2) is 9.60. The molecule has 0 spiro atoms. The maximum atomic E-state index is 13.1. The van der Waals surface area contributed by atoms with E-state index >= 15 is 0 Å². The van der Waals surface area contributed by atoms with Crippen LogP contribution in [0.3, 0.4) is 0 Å². The number of nitrogens with zero attached hydrogens (tertiary/aromatic N) is 5. The monoisotopic (exact) mass is 454 g/mol. The first-order chi connectivity index (χ1) is 15.5. The molecule has 0 fully saturated rings. The van der Waals surface area contributed by atoms with E-state index in [-0.39, 0.29) is 23.4 Å². The van der Waals surface area contributed by atoms with Crippen LogP contribution < -0.4 is 10.1 Å². The molecule has 0 unspecified atom stereocenters. The topological polar surface area (TPSA) is 108 Å². The van der Waals surface area contributed by atoms with Gasteiger partial charge in [-0.2, -0.15) is 4.98 Å². The fourth-order valence-corrected chi connectivity index (χ4v) is 3.52. The van der Waals surface area contributed by atoms with Crippen LogP contribution in [-0.4, -0.2) is 43.7 Å². The van der Waals surface area contributed by atoms with Crippen LogP contribution in [-0.2, 0) is 18.4 Å². The van der Waals surface area contributed by atoms with Gasteiger partial charge in [-0.25, -0.2) is 4.39 Å². The number of nitrogens with one attached hydrogen (secondary N) is 1. The van der Waals surface area contributed by atoms with E-state index in [0.29, 0.717) is 28.9 Å². The first-order valence-corrected chi connectivity index (χ1v) is 10.5. The van der Waals surface area contributed by atoms with E-state index in [1.165, 1.54) is 23.9 Å². The van der Waals surface area contributed by atoms with Gasteiger partial charge in [-0.1, -0.05) is 29.1 Å². The number of ether oxygens (including phenoxy) is 1. The molecule has 32 heavy (non-hydrogen) atoms. The Bertz CT molecular complexity index is 1210. The van der Waals surface area contributed by atoms with Crippen molar-refractivity contribution in [2.45, 2.75) is 11.7 Å². The molecular weight excluding hydrogens is 435 g/mol. The Kier molecular flexibility index (Phi) is 6.45. The molecule has 0 aliphatic carbocycles. The Morgan fingerprint density at radius 1 is 1.16 bits per heavy atom. The number of methoxy groups -OCH3 is 1. The SMILES string of the molecule is COc1ccc(CNC(=O)CSc2nnc(-c3nc(-c4ccc(F)cc4)no3)n2C)cc1. The summed E-state index contributed by atoms with van der Waals surface area (Å²) < 4.78 is 25.2. The predicted octanol–water partition coefficient (Wildman–Crippen LogP) is 3.09. The Balaban J connectivity index is 1.34. The Morgan fingerprint density at radius 3 is 2.62 bits per heavy atom. The number of amides is 1. The zero-order valence-electron chi connectivity index (χ0n) is 17.3. The van der Waals surface area contributed by atoms with E-state index in [1.807, 2.05) is 24.3 Å². The number of thioether (sulfide) groups is 1. The molecule has 0 saturated heterocycles. The van der Waals surface area contributed by atoms with E-state index in [4.69, 9.17) is 9.26 Å². The highest BCUT2D eigenvalue weighted by atomic mass is 32.2. The van der Waals surface area contributed by atoms with Crippen molar-refractivity contribution in [1.29, 1.82) is 0 Å². The molecule has 11 heteroatoms. The maximum Gasteiger partial charge on any atom is 0.296 e. The lowest BCUT2D eigenvalue weighted by atomic mass is 10.2. The number of hydrogen-bond donors (Lipinski definition) is 1. The minimum atomic E-state index is -0.347. The maximum absolute atomic E-state index is 13.1. The van der Waals surface area contributed by atoms with Crippen LogP contribution in [0.5, 0.6) is 5.75 Å². The molecular formula is C21H19FN6O3S. The number of rotatable bonds is 8. The quantitative estimate of drug-likeness (QED) is 0.405. The molecule has 2 aromatic heterocycles. The first-order valence-electron chi connectivity index (χ1n) is 9.55. The number of aromatic nitrogens is 5. The van der Waals surface area contributed by atoms with Gasteiger partial charge in [-0.05, 0) is 42.0 Å². The molecule has 0 radical (unpaired) electrons. The summed E-state index contributed by atoms with van der Waals surface area (Å²) in [4.78, 5) is 16.5. The molecule has 0 bridgehead atoms. The summed E-state index contributed by atoms with van der Waals surface area (Å²) in [6, 6.07) is 13.2. The molecule has 4 aromatic rings. The number of carbonyl (C=O) groups excluding carboxylic acids is 1. The van der Waals surface area contributed by atoms with Gasteiger partial charge in [0.2, 0.25) is 17.6 Å². The molecule has 9 nitrogen and oxygen atoms in total. The van der Waals surface area contributed by atoms with E-state index < -0.39 is 0 Å². The van der Waals surface area contributed by atoms with Gasteiger partial charge >= 0.3 is 0 Å². The second-order valence-electron chi connectivity index (χ2n) is 6.71. The average molecular weight is 454 g/mol. The van der Waals surface area contributed by atoms with Gasteiger partial charge in [0.15, 0.2) is 5.16 Å². The number of halogens is 1. The summed E-state index contributed by atoms with van der Waals surface area (Å²) in [5, 5.41) is 15.5. The van der Waals surface area contributed by atoms with Gasteiger partial charge < -0.3 is 19.1 Å². The van der Waals surface area contributed by atoms with Crippen LogP contribution in [0.15, 0.2) is 58.2 Å². The highest BCUT2D eigenvalue weighted by molar-refractivity contribution is 7.99. The highest BCUT2D eigenvalue weighted by Gasteiger charge is 2.19. The number of benzene rings is 2. The third-order valence-electron chi connectivity index (χ3n) is 4.54. The van der Waals surface area contributed by atoms with Gasteiger partial charge in [0, 0.05) is 19.2 Å². The van der Waals surface area contributed by atoms with Crippen LogP contribution in [0.4, 0.5) is 4.39 Å². The van der Waals surface area contributed by atoms with Crippen molar-refractivity contribution in [2.75, 3.05) is 12.9 Å². The predicted molar refractivity (Wildman–Crippen MR) is 115 cm³/mol. The smallest absolute Gasteiger partial charge is 0.296 e. The lowest BCUT2D eigenvalue weighted by molar-refractivity contribution is -0.118. The van der Waals surface area contributed by atoms with Crippen molar-refractivity contribution >= 4 is 17.7 Å². The van der Waals surface area contributed by atoms with Crippen LogP contribution in [0, 0.1) is 5.82 Å². The van der Waals surface area contributed by atoms with Crippen LogP contribution in [0.2, 0.25) is 0 Å². The standard InChI is InChI=1S/C21H19FN6O3S/c1-28-19(20-24-18(27-31-20)14-5-7-15(22)8-6-14)25-26-21(28)32-12-17(29)23-11-13-3-9-16(30-2)10-4-13/h3-10H,11-12H2,1-2H3,(H,23,29). The molecule has 0 aliphatic heterocycles. The van der Waals surface area contributed by atoms with Gasteiger partial charge in [0.05, 0.1) is 12.9 Å². The lowest BCUT2D eigenvalue weighted by Gasteiger charge is -2.06. The van der Waals surface area contributed by atoms with E-state index in [9.17, 15) is 9.18 Å².